The Labute approximate surface area is 194 Å². The molecule has 0 aliphatic rings. The number of nitrogens with zero attached hydrogens (tertiary/aromatic N) is 4. The minimum absolute atomic E-state index is 0.0324. The van der Waals surface area contributed by atoms with E-state index in [-0.39, 0.29) is 40.6 Å². The number of carbonyl (C=O) groups excluding carboxylic acids is 1. The number of aromatic nitrogens is 3. The molecule has 0 aliphatic heterocycles. The van der Waals surface area contributed by atoms with Crippen LogP contribution in [0.2, 0.25) is 0 Å². The summed E-state index contributed by atoms with van der Waals surface area (Å²) < 4.78 is 51.9. The fraction of sp³-hybridized carbons (Fsp3) is 0.150. The molecule has 12 nitrogen and oxygen atoms in total. The van der Waals surface area contributed by atoms with Crippen molar-refractivity contribution in [1.29, 1.82) is 0 Å². The molecule has 0 unspecified atom stereocenters. The van der Waals surface area contributed by atoms with Gasteiger partial charge < -0.3 is 25.8 Å². The lowest BCUT2D eigenvalue weighted by Gasteiger charge is -2.11. The number of methoxy groups -OCH3 is 1. The van der Waals surface area contributed by atoms with Crippen molar-refractivity contribution < 1.29 is 27.1 Å². The number of halogens is 1. The number of nitrogens with two attached hydrogens (primary N) is 1. The monoisotopic (exact) mass is 489 g/mol. The molecule has 178 valence electrons. The van der Waals surface area contributed by atoms with E-state index >= 15 is 0 Å². The molecule has 3 rings (SSSR count). The van der Waals surface area contributed by atoms with Crippen LogP contribution in [0.25, 0.3) is 0 Å². The van der Waals surface area contributed by atoms with E-state index in [4.69, 9.17) is 10.5 Å². The second kappa shape index (κ2) is 10.5. The zero-order valence-corrected chi connectivity index (χ0v) is 18.8. The molecule has 4 N–H and O–H groups in total. The van der Waals surface area contributed by atoms with Crippen LogP contribution < -0.4 is 21.1 Å². The average Bonchev–Trinajstić information content (AvgIpc) is 2.80. The number of carbonyl (C=O) groups is 1. The van der Waals surface area contributed by atoms with Crippen LogP contribution in [0, 0.1) is 5.82 Å². The summed E-state index contributed by atoms with van der Waals surface area (Å²) >= 11 is 0. The highest BCUT2D eigenvalue weighted by atomic mass is 32.2. The lowest BCUT2D eigenvalue weighted by molar-refractivity contribution is -0.134. The maximum Gasteiger partial charge on any atom is 0.350 e. The van der Waals surface area contributed by atoms with Gasteiger partial charge in [0, 0.05) is 5.69 Å². The maximum atomic E-state index is 14.2. The normalized spacial score (nSPS) is 11.3. The van der Waals surface area contributed by atoms with Crippen LogP contribution in [0.3, 0.4) is 0 Å². The Hall–Kier alpha value is -4.33. The number of benzene rings is 1. The summed E-state index contributed by atoms with van der Waals surface area (Å²) in [5, 5.41) is 5.47. The van der Waals surface area contributed by atoms with E-state index < -0.39 is 21.8 Å². The number of esters is 1. The lowest BCUT2D eigenvalue weighted by Crippen LogP contribution is -2.08. The van der Waals surface area contributed by atoms with E-state index in [0.29, 0.717) is 12.0 Å². The van der Waals surface area contributed by atoms with Gasteiger partial charge in [0.2, 0.25) is 5.95 Å². The van der Waals surface area contributed by atoms with Gasteiger partial charge in [0.15, 0.2) is 23.2 Å². The highest BCUT2D eigenvalue weighted by Crippen LogP contribution is 2.25. The summed E-state index contributed by atoms with van der Waals surface area (Å²) in [5.74, 6) is -1.19. The minimum atomic E-state index is -4.17. The number of rotatable bonds is 9. The predicted molar refractivity (Wildman–Crippen MR) is 123 cm³/mol. The Balaban J connectivity index is 1.80. The largest absolute Gasteiger partial charge is 0.493 e. The molecule has 0 fully saturated rings. The number of hydrogen-bond donors (Lipinski definition) is 3. The zero-order valence-electron chi connectivity index (χ0n) is 18.0. The number of sulfonamides is 1. The van der Waals surface area contributed by atoms with Crippen molar-refractivity contribution in [3.63, 3.8) is 0 Å². The van der Waals surface area contributed by atoms with Crippen LogP contribution in [-0.4, -0.2) is 49.3 Å². The van der Waals surface area contributed by atoms with Crippen molar-refractivity contribution in [2.24, 2.45) is 4.40 Å². The smallest absolute Gasteiger partial charge is 0.350 e. The molecule has 34 heavy (non-hydrogen) atoms. The lowest BCUT2D eigenvalue weighted by atomic mass is 10.3. The number of nitrogen functional groups attached to an aromatic ring is 1. The molecule has 0 aliphatic carbocycles. The van der Waals surface area contributed by atoms with Crippen LogP contribution in [-0.2, 0) is 19.6 Å². The maximum absolute atomic E-state index is 14.2. The van der Waals surface area contributed by atoms with Gasteiger partial charge in [0.05, 0.1) is 24.8 Å². The van der Waals surface area contributed by atoms with Crippen molar-refractivity contribution in [2.75, 3.05) is 30.1 Å². The van der Waals surface area contributed by atoms with Crippen LogP contribution in [0.4, 0.5) is 33.5 Å². The standard InChI is InChI=1S/C20H20FN7O5S/c1-3-33-17(29)11-24-34(30,31)13-6-4-5-12(9-13)25-20-23-10-14(21)19(28-20)27-16-8-7-15(32-2)18(22)26-16/h4-11H,3H2,1-2H3,(H4,22,23,25,26,27,28). The van der Waals surface area contributed by atoms with E-state index in [1.54, 1.807) is 19.1 Å². The molecule has 14 heteroatoms. The summed E-state index contributed by atoms with van der Waals surface area (Å²) in [7, 11) is -2.73. The zero-order chi connectivity index (χ0) is 24.7. The molecule has 0 saturated heterocycles. The first kappa shape index (κ1) is 24.3. The minimum Gasteiger partial charge on any atom is -0.493 e. The van der Waals surface area contributed by atoms with E-state index in [9.17, 15) is 17.6 Å². The van der Waals surface area contributed by atoms with Gasteiger partial charge in [-0.1, -0.05) is 6.07 Å². The van der Waals surface area contributed by atoms with Crippen molar-refractivity contribution in [3.05, 3.63) is 48.4 Å². The molecular formula is C20H20FN7O5S. The highest BCUT2D eigenvalue weighted by molar-refractivity contribution is 7.90. The number of ether oxygens (including phenoxy) is 2. The van der Waals surface area contributed by atoms with Crippen molar-refractivity contribution >= 4 is 51.3 Å². The Morgan fingerprint density at radius 3 is 2.74 bits per heavy atom. The van der Waals surface area contributed by atoms with Crippen molar-refractivity contribution in [1.82, 2.24) is 15.0 Å². The third-order valence-electron chi connectivity index (χ3n) is 4.07. The molecule has 0 atom stereocenters. The van der Waals surface area contributed by atoms with E-state index in [2.05, 4.69) is 34.7 Å². The fourth-order valence-electron chi connectivity index (χ4n) is 2.56. The van der Waals surface area contributed by atoms with E-state index in [0.717, 1.165) is 6.20 Å². The highest BCUT2D eigenvalue weighted by Gasteiger charge is 2.15. The quantitative estimate of drug-likeness (QED) is 0.298. The molecular weight excluding hydrogens is 469 g/mol. The number of anilines is 5. The van der Waals surface area contributed by atoms with Gasteiger partial charge >= 0.3 is 5.97 Å². The van der Waals surface area contributed by atoms with Gasteiger partial charge in [0.1, 0.15) is 12.0 Å². The van der Waals surface area contributed by atoms with Gasteiger partial charge in [-0.25, -0.2) is 19.2 Å². The van der Waals surface area contributed by atoms with Crippen LogP contribution in [0.5, 0.6) is 5.75 Å². The number of hydrogen-bond acceptors (Lipinski definition) is 11. The first-order valence-corrected chi connectivity index (χ1v) is 11.1. The summed E-state index contributed by atoms with van der Waals surface area (Å²) in [6.07, 6.45) is 1.51. The summed E-state index contributed by atoms with van der Waals surface area (Å²) in [5.41, 5.74) is 6.03. The first-order valence-electron chi connectivity index (χ1n) is 9.66. The Kier molecular flexibility index (Phi) is 7.53. The average molecular weight is 489 g/mol. The van der Waals surface area contributed by atoms with Crippen molar-refractivity contribution in [2.45, 2.75) is 11.8 Å². The molecule has 1 aromatic carbocycles. The molecule has 0 radical (unpaired) electrons. The van der Waals surface area contributed by atoms with Gasteiger partial charge in [0.25, 0.3) is 10.0 Å². The molecule has 0 spiro atoms. The van der Waals surface area contributed by atoms with Gasteiger partial charge in [-0.2, -0.15) is 17.8 Å². The third kappa shape index (κ3) is 6.13. The van der Waals surface area contributed by atoms with Crippen LogP contribution in [0.15, 0.2) is 51.9 Å². The Morgan fingerprint density at radius 1 is 1.24 bits per heavy atom. The second-order valence-corrected chi connectivity index (χ2v) is 8.05. The topological polar surface area (TPSA) is 171 Å². The number of nitrogens with one attached hydrogen (secondary N) is 2. The first-order chi connectivity index (χ1) is 16.2. The summed E-state index contributed by atoms with van der Waals surface area (Å²) in [6.45, 7) is 1.66. The third-order valence-corrected chi connectivity index (χ3v) is 5.30. The second-order valence-electron chi connectivity index (χ2n) is 6.41. The molecule has 0 amide bonds. The van der Waals surface area contributed by atoms with E-state index in [1.165, 1.54) is 31.4 Å². The Morgan fingerprint density at radius 2 is 2.03 bits per heavy atom. The predicted octanol–water partition coefficient (Wildman–Crippen LogP) is 2.41. The number of pyridine rings is 1. The van der Waals surface area contributed by atoms with Gasteiger partial charge in [-0.15, -0.1) is 0 Å². The van der Waals surface area contributed by atoms with E-state index in [1.807, 2.05) is 0 Å². The molecule has 3 aromatic rings. The van der Waals surface area contributed by atoms with Gasteiger partial charge in [-0.05, 0) is 37.3 Å². The van der Waals surface area contributed by atoms with Crippen LogP contribution >= 0.6 is 0 Å². The summed E-state index contributed by atoms with van der Waals surface area (Å²) in [4.78, 5) is 23.1. The van der Waals surface area contributed by atoms with Crippen molar-refractivity contribution in [3.8, 4) is 5.75 Å². The molecule has 0 bridgehead atoms. The summed E-state index contributed by atoms with van der Waals surface area (Å²) in [6, 6.07) is 8.61. The molecule has 2 heterocycles. The molecule has 0 saturated carbocycles. The SMILES string of the molecule is CCOC(=O)C=NS(=O)(=O)c1cccc(Nc2ncc(F)c(Nc3ccc(OC)c(N)n3)n2)c1. The molecule has 2 aromatic heterocycles. The van der Waals surface area contributed by atoms with Gasteiger partial charge in [-0.3, -0.25) is 0 Å². The Bertz CT molecular complexity index is 1330. The van der Waals surface area contributed by atoms with Crippen LogP contribution in [0.1, 0.15) is 6.92 Å². The fourth-order valence-corrected chi connectivity index (χ4v) is 3.43.